The van der Waals surface area contributed by atoms with Gasteiger partial charge in [-0.3, -0.25) is 0 Å². The fraction of sp³-hybridized carbons (Fsp3) is 0. The standard InChI is InChI=1S/C20H11FN2O2S2/c21-15-6-2-5-14(11-15)18-17-8-3-9-23-19(17)26-20(18)27(24,25)16-7-1-4-13(10-16)12-22/h1-11H. The van der Waals surface area contributed by atoms with E-state index in [-0.39, 0.29) is 14.7 Å². The molecule has 2 aromatic heterocycles. The van der Waals surface area contributed by atoms with E-state index in [1.807, 2.05) is 6.07 Å². The number of fused-ring (bicyclic) bond motifs is 1. The number of thiophene rings is 1. The van der Waals surface area contributed by atoms with Crippen LogP contribution in [0.3, 0.4) is 0 Å². The van der Waals surface area contributed by atoms with Crippen molar-refractivity contribution >= 4 is 31.4 Å². The second-order valence-electron chi connectivity index (χ2n) is 5.77. The molecule has 27 heavy (non-hydrogen) atoms. The number of pyridine rings is 1. The van der Waals surface area contributed by atoms with Crippen LogP contribution in [-0.2, 0) is 9.84 Å². The van der Waals surface area contributed by atoms with Crippen molar-refractivity contribution in [2.24, 2.45) is 0 Å². The van der Waals surface area contributed by atoms with Crippen LogP contribution < -0.4 is 0 Å². The van der Waals surface area contributed by atoms with Gasteiger partial charge in [-0.15, -0.1) is 11.3 Å². The molecule has 7 heteroatoms. The summed E-state index contributed by atoms with van der Waals surface area (Å²) in [6.45, 7) is 0. The van der Waals surface area contributed by atoms with Crippen LogP contribution in [0.25, 0.3) is 21.3 Å². The van der Waals surface area contributed by atoms with Crippen LogP contribution in [0.5, 0.6) is 0 Å². The Morgan fingerprint density at radius 3 is 2.63 bits per heavy atom. The quantitative estimate of drug-likeness (QED) is 0.500. The summed E-state index contributed by atoms with van der Waals surface area (Å²) in [5, 5.41) is 9.72. The lowest BCUT2D eigenvalue weighted by Crippen LogP contribution is -2.02. The normalized spacial score (nSPS) is 11.4. The van der Waals surface area contributed by atoms with Crippen LogP contribution in [0.2, 0.25) is 0 Å². The highest BCUT2D eigenvalue weighted by Crippen LogP contribution is 2.43. The summed E-state index contributed by atoms with van der Waals surface area (Å²) < 4.78 is 40.6. The first-order valence-corrected chi connectivity index (χ1v) is 10.2. The summed E-state index contributed by atoms with van der Waals surface area (Å²) in [5.74, 6) is -0.453. The van der Waals surface area contributed by atoms with Gasteiger partial charge in [-0.1, -0.05) is 18.2 Å². The highest BCUT2D eigenvalue weighted by molar-refractivity contribution is 7.93. The number of hydrogen-bond donors (Lipinski definition) is 0. The summed E-state index contributed by atoms with van der Waals surface area (Å²) in [5.41, 5.74) is 1.14. The number of nitrogens with zero attached hydrogens (tertiary/aromatic N) is 2. The Labute approximate surface area is 159 Å². The van der Waals surface area contributed by atoms with Crippen molar-refractivity contribution in [1.29, 1.82) is 5.26 Å². The van der Waals surface area contributed by atoms with E-state index in [4.69, 9.17) is 5.26 Å². The smallest absolute Gasteiger partial charge is 0.216 e. The molecular formula is C20H11FN2O2S2. The largest absolute Gasteiger partial charge is 0.245 e. The van der Waals surface area contributed by atoms with E-state index in [0.717, 1.165) is 11.3 Å². The van der Waals surface area contributed by atoms with Crippen LogP contribution in [0.15, 0.2) is 76.0 Å². The molecule has 0 atom stereocenters. The topological polar surface area (TPSA) is 70.8 Å². The second kappa shape index (κ2) is 6.58. The van der Waals surface area contributed by atoms with E-state index < -0.39 is 15.7 Å². The number of benzene rings is 2. The molecule has 0 saturated heterocycles. The number of sulfone groups is 1. The molecule has 2 heterocycles. The average Bonchev–Trinajstić information content (AvgIpc) is 3.08. The molecule has 0 amide bonds. The Bertz CT molecular complexity index is 1320. The number of aromatic nitrogens is 1. The van der Waals surface area contributed by atoms with Gasteiger partial charge in [0.15, 0.2) is 0 Å². The molecule has 0 aliphatic rings. The van der Waals surface area contributed by atoms with Crippen LogP contribution in [-0.4, -0.2) is 13.4 Å². The lowest BCUT2D eigenvalue weighted by Gasteiger charge is -2.07. The zero-order chi connectivity index (χ0) is 19.0. The predicted octanol–water partition coefficient (Wildman–Crippen LogP) is 4.81. The van der Waals surface area contributed by atoms with Gasteiger partial charge in [0.05, 0.1) is 16.5 Å². The molecule has 0 N–H and O–H groups in total. The average molecular weight is 394 g/mol. The Morgan fingerprint density at radius 1 is 1.04 bits per heavy atom. The van der Waals surface area contributed by atoms with Crippen molar-refractivity contribution in [3.8, 4) is 17.2 Å². The Hall–Kier alpha value is -3.08. The molecule has 132 valence electrons. The molecule has 0 fully saturated rings. The summed E-state index contributed by atoms with van der Waals surface area (Å²) in [4.78, 5) is 4.83. The maximum atomic E-state index is 13.8. The molecule has 2 aromatic carbocycles. The summed E-state index contributed by atoms with van der Waals surface area (Å²) in [6, 6.07) is 17.1. The van der Waals surface area contributed by atoms with E-state index >= 15 is 0 Å². The monoisotopic (exact) mass is 394 g/mol. The van der Waals surface area contributed by atoms with Crippen molar-refractivity contribution in [1.82, 2.24) is 4.98 Å². The molecule has 0 unspecified atom stereocenters. The number of nitriles is 1. The molecule has 4 rings (SSSR count). The predicted molar refractivity (Wildman–Crippen MR) is 102 cm³/mol. The molecule has 0 aliphatic heterocycles. The van der Waals surface area contributed by atoms with Gasteiger partial charge in [-0.05, 0) is 48.0 Å². The molecular weight excluding hydrogens is 383 g/mol. The first-order chi connectivity index (χ1) is 13.0. The fourth-order valence-electron chi connectivity index (χ4n) is 2.86. The zero-order valence-electron chi connectivity index (χ0n) is 13.8. The van der Waals surface area contributed by atoms with Gasteiger partial charge < -0.3 is 0 Å². The molecule has 0 radical (unpaired) electrons. The van der Waals surface area contributed by atoms with Gasteiger partial charge in [0.1, 0.15) is 14.9 Å². The van der Waals surface area contributed by atoms with Gasteiger partial charge in [0, 0.05) is 17.1 Å². The van der Waals surface area contributed by atoms with Crippen LogP contribution in [0.4, 0.5) is 4.39 Å². The Morgan fingerprint density at radius 2 is 1.85 bits per heavy atom. The van der Waals surface area contributed by atoms with Gasteiger partial charge in [0.2, 0.25) is 9.84 Å². The summed E-state index contributed by atoms with van der Waals surface area (Å²) in [7, 11) is -3.92. The first kappa shape index (κ1) is 17.3. The van der Waals surface area contributed by atoms with Crippen molar-refractivity contribution in [2.45, 2.75) is 9.10 Å². The van der Waals surface area contributed by atoms with Crippen molar-refractivity contribution < 1.29 is 12.8 Å². The number of hydrogen-bond acceptors (Lipinski definition) is 5. The lowest BCUT2D eigenvalue weighted by atomic mass is 10.1. The van der Waals surface area contributed by atoms with Crippen molar-refractivity contribution in [2.75, 3.05) is 0 Å². The molecule has 4 nitrogen and oxygen atoms in total. The zero-order valence-corrected chi connectivity index (χ0v) is 15.4. The minimum absolute atomic E-state index is 0.0192. The minimum atomic E-state index is -3.92. The van der Waals surface area contributed by atoms with E-state index in [2.05, 4.69) is 4.98 Å². The molecule has 4 aromatic rings. The highest BCUT2D eigenvalue weighted by Gasteiger charge is 2.27. The maximum Gasteiger partial charge on any atom is 0.216 e. The van der Waals surface area contributed by atoms with Crippen LogP contribution in [0.1, 0.15) is 5.56 Å². The van der Waals surface area contributed by atoms with Gasteiger partial charge in [0.25, 0.3) is 0 Å². The van der Waals surface area contributed by atoms with E-state index in [1.54, 1.807) is 30.5 Å². The van der Waals surface area contributed by atoms with Gasteiger partial charge in [-0.25, -0.2) is 17.8 Å². The Balaban J connectivity index is 2.05. The van der Waals surface area contributed by atoms with E-state index in [0.29, 0.717) is 21.3 Å². The fourth-order valence-corrected chi connectivity index (χ4v) is 5.97. The van der Waals surface area contributed by atoms with Crippen LogP contribution in [0, 0.1) is 17.1 Å². The third-order valence-electron chi connectivity index (χ3n) is 4.06. The second-order valence-corrected chi connectivity index (χ2v) is 8.92. The first-order valence-electron chi connectivity index (χ1n) is 7.89. The third kappa shape index (κ3) is 2.99. The third-order valence-corrected chi connectivity index (χ3v) is 7.45. The van der Waals surface area contributed by atoms with Gasteiger partial charge >= 0.3 is 0 Å². The van der Waals surface area contributed by atoms with Gasteiger partial charge in [-0.2, -0.15) is 5.26 Å². The molecule has 0 spiro atoms. The minimum Gasteiger partial charge on any atom is -0.245 e. The van der Waals surface area contributed by atoms with Crippen LogP contribution >= 0.6 is 11.3 Å². The maximum absolute atomic E-state index is 13.8. The molecule has 0 bridgehead atoms. The molecule has 0 saturated carbocycles. The number of halogens is 1. The SMILES string of the molecule is N#Cc1cccc(S(=O)(=O)c2sc3ncccc3c2-c2cccc(F)c2)c1. The van der Waals surface area contributed by atoms with E-state index in [9.17, 15) is 12.8 Å². The van der Waals surface area contributed by atoms with E-state index in [1.165, 1.54) is 36.4 Å². The summed E-state index contributed by atoms with van der Waals surface area (Å²) in [6.07, 6.45) is 1.58. The number of rotatable bonds is 3. The van der Waals surface area contributed by atoms with Crippen molar-refractivity contribution in [3.63, 3.8) is 0 Å². The Kier molecular flexibility index (Phi) is 4.22. The highest BCUT2D eigenvalue weighted by atomic mass is 32.2. The van der Waals surface area contributed by atoms with Crippen molar-refractivity contribution in [3.05, 3.63) is 78.2 Å². The summed E-state index contributed by atoms with van der Waals surface area (Å²) >= 11 is 1.04. The molecule has 0 aliphatic carbocycles. The lowest BCUT2D eigenvalue weighted by molar-refractivity contribution is 0.598.